The number of pyridine rings is 1. The Morgan fingerprint density at radius 1 is 1.31 bits per heavy atom. The van der Waals surface area contributed by atoms with E-state index in [4.69, 9.17) is 5.73 Å². The molecular weight excluding hydrogens is 220 g/mol. The highest BCUT2D eigenvalue weighted by atomic mass is 32.2. The molecule has 0 saturated carbocycles. The fraction of sp³-hybridized carbons (Fsp3) is 0.273. The van der Waals surface area contributed by atoms with E-state index in [0.29, 0.717) is 0 Å². The molecule has 0 spiro atoms. The number of aromatic nitrogens is 3. The molecule has 84 valence electrons. The van der Waals surface area contributed by atoms with Crippen molar-refractivity contribution in [3.8, 4) is 0 Å². The summed E-state index contributed by atoms with van der Waals surface area (Å²) in [4.78, 5) is 4.33. The largest absolute Gasteiger partial charge is 0.398 e. The maximum absolute atomic E-state index is 5.84. The van der Waals surface area contributed by atoms with E-state index >= 15 is 0 Å². The molecule has 0 amide bonds. The highest BCUT2D eigenvalue weighted by Crippen LogP contribution is 2.27. The van der Waals surface area contributed by atoms with Crippen LogP contribution >= 0.6 is 11.8 Å². The van der Waals surface area contributed by atoms with E-state index in [9.17, 15) is 0 Å². The van der Waals surface area contributed by atoms with Crippen molar-refractivity contribution in [2.45, 2.75) is 23.9 Å². The van der Waals surface area contributed by atoms with E-state index in [0.717, 1.165) is 27.0 Å². The molecule has 0 fully saturated rings. The minimum atomic E-state index is 0.774. The zero-order valence-corrected chi connectivity index (χ0v) is 10.4. The summed E-state index contributed by atoms with van der Waals surface area (Å²) in [6.07, 6.45) is 1.79. The molecule has 0 unspecified atom stereocenters. The lowest BCUT2D eigenvalue weighted by Gasteiger charge is -2.03. The standard InChI is InChI=1S/C11H14N4S/c1-7-6-13-10(5-9(7)12)16-11-4-8(2)14-15(11)3/h4-6H,1-3H3,(H2,12,13). The average Bonchev–Trinajstić information content (AvgIpc) is 2.51. The van der Waals surface area contributed by atoms with Crippen molar-refractivity contribution in [2.75, 3.05) is 5.73 Å². The number of rotatable bonds is 2. The third kappa shape index (κ3) is 2.19. The van der Waals surface area contributed by atoms with Gasteiger partial charge in [0.1, 0.15) is 10.1 Å². The maximum atomic E-state index is 5.84. The van der Waals surface area contributed by atoms with Gasteiger partial charge in [0, 0.05) is 18.9 Å². The molecule has 2 N–H and O–H groups in total. The summed E-state index contributed by atoms with van der Waals surface area (Å²) >= 11 is 1.57. The highest BCUT2D eigenvalue weighted by molar-refractivity contribution is 7.99. The number of hydrogen-bond acceptors (Lipinski definition) is 4. The summed E-state index contributed by atoms with van der Waals surface area (Å²) in [6.45, 7) is 3.92. The fourth-order valence-electron chi connectivity index (χ4n) is 1.36. The molecule has 2 aromatic heterocycles. The third-order valence-electron chi connectivity index (χ3n) is 2.29. The molecule has 0 aliphatic heterocycles. The van der Waals surface area contributed by atoms with Crippen molar-refractivity contribution < 1.29 is 0 Å². The Bertz CT molecular complexity index is 519. The molecule has 0 aliphatic rings. The minimum Gasteiger partial charge on any atom is -0.398 e. The van der Waals surface area contributed by atoms with Crippen LogP contribution in [0.2, 0.25) is 0 Å². The van der Waals surface area contributed by atoms with Crippen molar-refractivity contribution in [3.63, 3.8) is 0 Å². The number of nitrogens with zero attached hydrogens (tertiary/aromatic N) is 3. The summed E-state index contributed by atoms with van der Waals surface area (Å²) < 4.78 is 1.84. The average molecular weight is 234 g/mol. The van der Waals surface area contributed by atoms with Crippen LogP contribution in [0, 0.1) is 13.8 Å². The van der Waals surface area contributed by atoms with E-state index < -0.39 is 0 Å². The minimum absolute atomic E-state index is 0.774. The quantitative estimate of drug-likeness (QED) is 0.865. The van der Waals surface area contributed by atoms with Crippen molar-refractivity contribution in [1.82, 2.24) is 14.8 Å². The molecule has 0 aliphatic carbocycles. The van der Waals surface area contributed by atoms with Gasteiger partial charge < -0.3 is 5.73 Å². The van der Waals surface area contributed by atoms with Crippen LogP contribution in [0.1, 0.15) is 11.3 Å². The Hall–Kier alpha value is -1.49. The zero-order valence-electron chi connectivity index (χ0n) is 9.56. The topological polar surface area (TPSA) is 56.7 Å². The predicted octanol–water partition coefficient (Wildman–Crippen LogP) is 2.17. The van der Waals surface area contributed by atoms with Crippen LogP contribution in [0.3, 0.4) is 0 Å². The molecule has 2 rings (SSSR count). The smallest absolute Gasteiger partial charge is 0.104 e. The number of aryl methyl sites for hydroxylation is 3. The first-order valence-electron chi connectivity index (χ1n) is 4.97. The molecule has 2 aromatic rings. The third-order valence-corrected chi connectivity index (χ3v) is 3.31. The second kappa shape index (κ2) is 4.17. The molecule has 2 heterocycles. The van der Waals surface area contributed by atoms with Gasteiger partial charge in [-0.05, 0) is 31.5 Å². The summed E-state index contributed by atoms with van der Waals surface area (Å²) in [7, 11) is 1.92. The summed E-state index contributed by atoms with van der Waals surface area (Å²) in [6, 6.07) is 3.92. The van der Waals surface area contributed by atoms with E-state index in [1.165, 1.54) is 0 Å². The van der Waals surface area contributed by atoms with Crippen molar-refractivity contribution in [1.29, 1.82) is 0 Å². The van der Waals surface area contributed by atoms with Crippen LogP contribution in [-0.2, 0) is 7.05 Å². The molecule has 5 heteroatoms. The molecule has 0 atom stereocenters. The summed E-state index contributed by atoms with van der Waals surface area (Å²) in [5, 5.41) is 6.24. The van der Waals surface area contributed by atoms with E-state index in [-0.39, 0.29) is 0 Å². The van der Waals surface area contributed by atoms with E-state index in [1.54, 1.807) is 18.0 Å². The SMILES string of the molecule is Cc1cc(Sc2cc(N)c(C)cn2)n(C)n1. The Morgan fingerprint density at radius 3 is 2.62 bits per heavy atom. The Morgan fingerprint density at radius 2 is 2.06 bits per heavy atom. The Labute approximate surface area is 98.9 Å². The molecule has 0 saturated heterocycles. The van der Waals surface area contributed by atoms with Gasteiger partial charge in [0.15, 0.2) is 0 Å². The second-order valence-electron chi connectivity index (χ2n) is 3.73. The lowest BCUT2D eigenvalue weighted by Crippen LogP contribution is -1.94. The van der Waals surface area contributed by atoms with Gasteiger partial charge >= 0.3 is 0 Å². The van der Waals surface area contributed by atoms with Gasteiger partial charge in [-0.25, -0.2) is 4.98 Å². The first-order valence-corrected chi connectivity index (χ1v) is 5.78. The number of nitrogens with two attached hydrogens (primary N) is 1. The number of hydrogen-bond donors (Lipinski definition) is 1. The fourth-order valence-corrected chi connectivity index (χ4v) is 2.27. The van der Waals surface area contributed by atoms with E-state index in [1.807, 2.05) is 37.7 Å². The molecule has 0 aromatic carbocycles. The Kier molecular flexibility index (Phi) is 2.87. The van der Waals surface area contributed by atoms with Crippen LogP contribution in [0.4, 0.5) is 5.69 Å². The van der Waals surface area contributed by atoms with Gasteiger partial charge in [0.2, 0.25) is 0 Å². The van der Waals surface area contributed by atoms with Crippen molar-refractivity contribution in [2.24, 2.45) is 7.05 Å². The van der Waals surface area contributed by atoms with Gasteiger partial charge in [0.05, 0.1) is 5.69 Å². The van der Waals surface area contributed by atoms with Gasteiger partial charge in [-0.2, -0.15) is 5.10 Å². The molecule has 4 nitrogen and oxygen atoms in total. The van der Waals surface area contributed by atoms with Gasteiger partial charge in [-0.3, -0.25) is 4.68 Å². The monoisotopic (exact) mass is 234 g/mol. The van der Waals surface area contributed by atoms with E-state index in [2.05, 4.69) is 10.1 Å². The van der Waals surface area contributed by atoms with Crippen LogP contribution in [0.5, 0.6) is 0 Å². The van der Waals surface area contributed by atoms with Crippen molar-refractivity contribution >= 4 is 17.4 Å². The lowest BCUT2D eigenvalue weighted by molar-refractivity contribution is 0.692. The van der Waals surface area contributed by atoms with Crippen LogP contribution in [0.15, 0.2) is 28.4 Å². The maximum Gasteiger partial charge on any atom is 0.104 e. The van der Waals surface area contributed by atoms with Crippen LogP contribution < -0.4 is 5.73 Å². The summed E-state index contributed by atoms with van der Waals surface area (Å²) in [5.74, 6) is 0. The first-order chi connectivity index (χ1) is 7.56. The van der Waals surface area contributed by atoms with Crippen LogP contribution in [-0.4, -0.2) is 14.8 Å². The Balaban J connectivity index is 2.27. The molecule has 0 bridgehead atoms. The second-order valence-corrected chi connectivity index (χ2v) is 4.77. The molecular formula is C11H14N4S. The number of nitrogen functional groups attached to an aromatic ring is 1. The van der Waals surface area contributed by atoms with Crippen LogP contribution in [0.25, 0.3) is 0 Å². The normalized spacial score (nSPS) is 10.7. The first kappa shape index (κ1) is 11.0. The van der Waals surface area contributed by atoms with Gasteiger partial charge in [-0.1, -0.05) is 11.8 Å². The predicted molar refractivity (Wildman–Crippen MR) is 65.5 cm³/mol. The molecule has 0 radical (unpaired) electrons. The number of anilines is 1. The van der Waals surface area contributed by atoms with Crippen molar-refractivity contribution in [3.05, 3.63) is 29.6 Å². The summed E-state index contributed by atoms with van der Waals surface area (Å²) in [5.41, 5.74) is 8.63. The zero-order chi connectivity index (χ0) is 11.7. The lowest BCUT2D eigenvalue weighted by atomic mass is 10.3. The van der Waals surface area contributed by atoms with Gasteiger partial charge in [0.25, 0.3) is 0 Å². The molecule has 16 heavy (non-hydrogen) atoms. The van der Waals surface area contributed by atoms with Gasteiger partial charge in [-0.15, -0.1) is 0 Å². The highest BCUT2D eigenvalue weighted by Gasteiger charge is 2.06.